The summed E-state index contributed by atoms with van der Waals surface area (Å²) in [6, 6.07) is 1.56. The molecule has 1 aromatic rings. The maximum atomic E-state index is 14.9. The second-order valence-corrected chi connectivity index (χ2v) is 7.06. The fourth-order valence-electron chi connectivity index (χ4n) is 1.71. The van der Waals surface area contributed by atoms with Gasteiger partial charge in [0.1, 0.15) is 5.82 Å². The van der Waals surface area contributed by atoms with Crippen molar-refractivity contribution in [3.05, 3.63) is 34.6 Å². The molecule has 23 heavy (non-hydrogen) atoms. The molecule has 1 rings (SSSR count). The van der Waals surface area contributed by atoms with Gasteiger partial charge in [0.2, 0.25) is 14.8 Å². The molecule has 11 heteroatoms. The van der Waals surface area contributed by atoms with Gasteiger partial charge in [-0.05, 0) is 12.1 Å². The highest BCUT2D eigenvalue weighted by Crippen LogP contribution is 2.43. The highest BCUT2D eigenvalue weighted by atomic mass is 35.5. The molecule has 0 heterocycles. The van der Waals surface area contributed by atoms with Crippen molar-refractivity contribution in [3.63, 3.8) is 0 Å². The minimum absolute atomic E-state index is 0.239. The third-order valence-electron chi connectivity index (χ3n) is 2.81. The van der Waals surface area contributed by atoms with Crippen molar-refractivity contribution < 1.29 is 39.9 Å². The van der Waals surface area contributed by atoms with Crippen LogP contribution in [0, 0.1) is 5.82 Å². The minimum atomic E-state index is -5.32. The van der Waals surface area contributed by atoms with Crippen molar-refractivity contribution in [2.45, 2.75) is 17.6 Å². The largest absolute Gasteiger partial charge is 0.468 e. The zero-order valence-corrected chi connectivity index (χ0v) is 13.0. The Morgan fingerprint density at radius 2 is 1.83 bits per heavy atom. The Hall–Kier alpha value is -1.42. The van der Waals surface area contributed by atoms with Crippen LogP contribution >= 0.6 is 11.6 Å². The predicted molar refractivity (Wildman–Crippen MR) is 70.7 cm³/mol. The van der Waals surface area contributed by atoms with Gasteiger partial charge < -0.3 is 4.74 Å². The first-order valence-electron chi connectivity index (χ1n) is 5.83. The summed E-state index contributed by atoms with van der Waals surface area (Å²) in [5.41, 5.74) is -1.12. The highest BCUT2D eigenvalue weighted by molar-refractivity contribution is 7.92. The molecule has 1 aromatic carbocycles. The second kappa shape index (κ2) is 6.60. The van der Waals surface area contributed by atoms with Gasteiger partial charge in [-0.25, -0.2) is 17.2 Å². The maximum absolute atomic E-state index is 14.9. The Labute approximate surface area is 133 Å². The fraction of sp³-hybridized carbons (Fsp3) is 0.417. The summed E-state index contributed by atoms with van der Waals surface area (Å²) >= 11 is 5.34. The molecule has 0 amide bonds. The van der Waals surface area contributed by atoms with Crippen LogP contribution in [0.3, 0.4) is 0 Å². The maximum Gasteiger partial charge on any atom is 0.393 e. The van der Waals surface area contributed by atoms with Crippen LogP contribution < -0.4 is 0 Å². The van der Waals surface area contributed by atoms with E-state index >= 15 is 0 Å². The molecule has 130 valence electrons. The minimum Gasteiger partial charge on any atom is -0.468 e. The molecular weight excluding hydrogens is 371 g/mol. The molecule has 0 aromatic heterocycles. The Kier molecular flexibility index (Phi) is 5.63. The van der Waals surface area contributed by atoms with Crippen molar-refractivity contribution in [3.8, 4) is 0 Å². The Balaban J connectivity index is 3.49. The second-order valence-electron chi connectivity index (χ2n) is 4.48. The van der Waals surface area contributed by atoms with Gasteiger partial charge in [0, 0.05) is 5.56 Å². The third kappa shape index (κ3) is 4.54. The summed E-state index contributed by atoms with van der Waals surface area (Å²) < 4.78 is 94.1. The molecule has 0 aliphatic heterocycles. The number of sulfone groups is 1. The highest BCUT2D eigenvalue weighted by Gasteiger charge is 2.54. The molecule has 0 aliphatic rings. The van der Waals surface area contributed by atoms with Crippen LogP contribution in [0.1, 0.15) is 12.0 Å². The molecule has 0 N–H and O–H groups in total. The first-order valence-corrected chi connectivity index (χ1v) is 7.86. The number of carbonyl (C=O) groups is 1. The number of methoxy groups -OCH3 is 1. The summed E-state index contributed by atoms with van der Waals surface area (Å²) in [6.07, 6.45) is -7.70. The number of rotatable bonds is 5. The van der Waals surface area contributed by atoms with Crippen LogP contribution in [0.25, 0.3) is 0 Å². The average molecular weight is 381 g/mol. The van der Waals surface area contributed by atoms with E-state index in [0.717, 1.165) is 7.11 Å². The van der Waals surface area contributed by atoms with Crippen LogP contribution in [0.15, 0.2) is 18.2 Å². The van der Waals surface area contributed by atoms with E-state index in [1.807, 2.05) is 0 Å². The normalized spacial score (nSPS) is 15.1. The zero-order valence-electron chi connectivity index (χ0n) is 11.5. The molecular formula is C12H10ClF5O4S. The van der Waals surface area contributed by atoms with Crippen molar-refractivity contribution in [1.82, 2.24) is 0 Å². The van der Waals surface area contributed by atoms with E-state index in [-0.39, 0.29) is 6.07 Å². The molecule has 0 fully saturated rings. The molecule has 1 unspecified atom stereocenters. The predicted octanol–water partition coefficient (Wildman–Crippen LogP) is 3.14. The molecule has 0 radical (unpaired) electrons. The molecule has 0 aliphatic carbocycles. The van der Waals surface area contributed by atoms with E-state index in [4.69, 9.17) is 11.6 Å². The van der Waals surface area contributed by atoms with Crippen LogP contribution in [-0.2, 0) is 24.4 Å². The lowest BCUT2D eigenvalue weighted by atomic mass is 10.1. The summed E-state index contributed by atoms with van der Waals surface area (Å²) in [4.78, 5) is 11.0. The van der Waals surface area contributed by atoms with Crippen molar-refractivity contribution in [2.75, 3.05) is 12.9 Å². The third-order valence-corrected chi connectivity index (χ3v) is 5.10. The van der Waals surface area contributed by atoms with Gasteiger partial charge in [-0.2, -0.15) is 13.2 Å². The van der Waals surface area contributed by atoms with E-state index in [2.05, 4.69) is 4.74 Å². The van der Waals surface area contributed by atoms with Gasteiger partial charge in [-0.3, -0.25) is 4.79 Å². The Bertz CT molecular complexity index is 704. The fourth-order valence-corrected chi connectivity index (χ4v) is 3.35. The first-order chi connectivity index (χ1) is 10.3. The van der Waals surface area contributed by atoms with Crippen molar-refractivity contribution in [2.24, 2.45) is 0 Å². The average Bonchev–Trinajstić information content (AvgIpc) is 2.39. The summed E-state index contributed by atoms with van der Waals surface area (Å²) in [5, 5.41) is -4.60. The number of carbonyl (C=O) groups excluding carboxylic acids is 1. The standard InChI is InChI=1S/C12H10ClF5O4S/c1-22-10(19)5-23(20,21)11(15,6-12(16,17)18)7-2-3-8(13)9(14)4-7/h2-4H,5-6H2,1H3. The number of alkyl halides is 4. The lowest BCUT2D eigenvalue weighted by molar-refractivity contribution is -0.152. The topological polar surface area (TPSA) is 60.4 Å². The number of benzene rings is 1. The summed E-state index contributed by atoms with van der Waals surface area (Å²) in [5.74, 6) is -4.40. The van der Waals surface area contributed by atoms with Gasteiger partial charge in [-0.15, -0.1) is 0 Å². The molecule has 0 spiro atoms. The smallest absolute Gasteiger partial charge is 0.393 e. The molecule has 0 saturated carbocycles. The summed E-state index contributed by atoms with van der Waals surface area (Å²) in [6.45, 7) is 0. The lowest BCUT2D eigenvalue weighted by Crippen LogP contribution is -2.39. The first kappa shape index (κ1) is 19.6. The number of hydrogen-bond acceptors (Lipinski definition) is 4. The quantitative estimate of drug-likeness (QED) is 0.581. The van der Waals surface area contributed by atoms with Crippen LogP contribution in [0.2, 0.25) is 5.02 Å². The number of hydrogen-bond donors (Lipinski definition) is 0. The molecule has 1 atom stereocenters. The number of esters is 1. The van der Waals surface area contributed by atoms with Gasteiger partial charge in [0.05, 0.1) is 18.6 Å². The molecule has 0 saturated heterocycles. The van der Waals surface area contributed by atoms with Crippen molar-refractivity contribution in [1.29, 1.82) is 0 Å². The zero-order chi connectivity index (χ0) is 18.1. The van der Waals surface area contributed by atoms with Crippen LogP contribution in [0.4, 0.5) is 22.0 Å². The Morgan fingerprint density at radius 3 is 2.26 bits per heavy atom. The van der Waals surface area contributed by atoms with Gasteiger partial charge >= 0.3 is 12.1 Å². The van der Waals surface area contributed by atoms with Gasteiger partial charge in [0.25, 0.3) is 0 Å². The van der Waals surface area contributed by atoms with E-state index in [0.29, 0.717) is 12.1 Å². The van der Waals surface area contributed by atoms with E-state index in [9.17, 15) is 35.2 Å². The molecule has 0 bridgehead atoms. The summed E-state index contributed by atoms with van der Waals surface area (Å²) in [7, 11) is -4.54. The van der Waals surface area contributed by atoms with E-state index < -0.39 is 55.6 Å². The van der Waals surface area contributed by atoms with Gasteiger partial charge in [0.15, 0.2) is 5.75 Å². The number of ether oxygens (including phenoxy) is 1. The Morgan fingerprint density at radius 1 is 1.26 bits per heavy atom. The SMILES string of the molecule is COC(=O)CS(=O)(=O)C(F)(CC(F)(F)F)c1ccc(Cl)c(F)c1. The molecule has 4 nitrogen and oxygen atoms in total. The van der Waals surface area contributed by atoms with Crippen LogP contribution in [0.5, 0.6) is 0 Å². The monoisotopic (exact) mass is 380 g/mol. The number of halogens is 6. The van der Waals surface area contributed by atoms with Crippen LogP contribution in [-0.4, -0.2) is 33.4 Å². The lowest BCUT2D eigenvalue weighted by Gasteiger charge is -2.26. The van der Waals surface area contributed by atoms with Crippen molar-refractivity contribution >= 4 is 27.4 Å². The van der Waals surface area contributed by atoms with E-state index in [1.165, 1.54) is 0 Å². The van der Waals surface area contributed by atoms with Gasteiger partial charge in [-0.1, -0.05) is 17.7 Å². The van der Waals surface area contributed by atoms with E-state index in [1.54, 1.807) is 0 Å².